The zero-order chi connectivity index (χ0) is 30.7. The topological polar surface area (TPSA) is 88.4 Å². The molecule has 0 aliphatic rings. The minimum Gasteiger partial charge on any atom is -0.388 e. The van der Waals surface area contributed by atoms with E-state index in [-0.39, 0.29) is 11.5 Å². The molecule has 5 rings (SSSR count). The fourth-order valence-electron chi connectivity index (χ4n) is 5.00. The van der Waals surface area contributed by atoms with Gasteiger partial charge in [0, 0.05) is 49.7 Å². The molecule has 0 aliphatic heterocycles. The van der Waals surface area contributed by atoms with E-state index in [1.165, 1.54) is 28.9 Å². The maximum Gasteiger partial charge on any atom is 0.337 e. The number of aromatic nitrogens is 2. The first-order valence-electron chi connectivity index (χ1n) is 13.7. The van der Waals surface area contributed by atoms with Crippen LogP contribution in [0.1, 0.15) is 18.1 Å². The summed E-state index contributed by atoms with van der Waals surface area (Å²) in [5.41, 5.74) is 1.26. The molecule has 0 saturated heterocycles. The van der Waals surface area contributed by atoms with Gasteiger partial charge in [-0.25, -0.2) is 18.1 Å². The molecular formula is C32H31F2N5O3S. The van der Waals surface area contributed by atoms with Gasteiger partial charge in [-0.15, -0.1) is 11.3 Å². The van der Waals surface area contributed by atoms with Crippen LogP contribution in [0.25, 0.3) is 26.3 Å². The van der Waals surface area contributed by atoms with Crippen molar-refractivity contribution in [1.29, 1.82) is 0 Å². The summed E-state index contributed by atoms with van der Waals surface area (Å²) in [7, 11) is 3.69. The van der Waals surface area contributed by atoms with Gasteiger partial charge in [0.1, 0.15) is 16.5 Å². The van der Waals surface area contributed by atoms with Gasteiger partial charge in [-0.2, -0.15) is 0 Å². The second-order valence-corrected chi connectivity index (χ2v) is 11.2. The Bertz CT molecular complexity index is 1880. The van der Waals surface area contributed by atoms with Gasteiger partial charge >= 0.3 is 5.69 Å². The molecule has 43 heavy (non-hydrogen) atoms. The number of benzene rings is 3. The predicted octanol–water partition coefficient (Wildman–Crippen LogP) is 4.82. The molecule has 0 spiro atoms. The molecule has 2 heterocycles. The summed E-state index contributed by atoms with van der Waals surface area (Å²) in [6.07, 6.45) is 0. The average molecular weight is 604 g/mol. The molecule has 0 fully saturated rings. The Morgan fingerprint density at radius 2 is 1.60 bits per heavy atom. The summed E-state index contributed by atoms with van der Waals surface area (Å²) in [5.74, 6) is -1.71. The highest BCUT2D eigenvalue weighted by Crippen LogP contribution is 2.38. The number of fused-ring (bicyclic) bond motifs is 1. The fourth-order valence-corrected chi connectivity index (χ4v) is 6.30. The SMILES string of the molecule is CNc1ccc(-c2sc3c(c2CN(C)CCNC(C)=O)c(=O)n(-c2ccccc2)c(=O)n3Cc2c(F)cccc2F)cc1. The van der Waals surface area contributed by atoms with E-state index < -0.39 is 29.4 Å². The maximum atomic E-state index is 14.9. The highest BCUT2D eigenvalue weighted by molar-refractivity contribution is 7.22. The molecule has 0 saturated carbocycles. The van der Waals surface area contributed by atoms with Crippen molar-refractivity contribution in [3.05, 3.63) is 116 Å². The lowest BCUT2D eigenvalue weighted by Gasteiger charge is -2.18. The number of carbonyl (C=O) groups is 1. The molecule has 0 bridgehead atoms. The van der Waals surface area contributed by atoms with Crippen LogP contribution in [0.5, 0.6) is 0 Å². The molecule has 0 atom stereocenters. The summed E-state index contributed by atoms with van der Waals surface area (Å²) in [6.45, 7) is 2.27. The second kappa shape index (κ2) is 12.7. The normalized spacial score (nSPS) is 11.3. The van der Waals surface area contributed by atoms with Crippen LogP contribution in [0.4, 0.5) is 14.5 Å². The van der Waals surface area contributed by atoms with E-state index in [1.807, 2.05) is 43.3 Å². The zero-order valence-corrected chi connectivity index (χ0v) is 24.8. The lowest BCUT2D eigenvalue weighted by molar-refractivity contribution is -0.119. The number of para-hydroxylation sites is 1. The van der Waals surface area contributed by atoms with Crippen LogP contribution >= 0.6 is 11.3 Å². The van der Waals surface area contributed by atoms with Crippen LogP contribution in [-0.2, 0) is 17.9 Å². The molecule has 0 unspecified atom stereocenters. The van der Waals surface area contributed by atoms with E-state index in [0.29, 0.717) is 41.1 Å². The van der Waals surface area contributed by atoms with Crippen LogP contribution in [0, 0.1) is 11.6 Å². The van der Waals surface area contributed by atoms with Crippen molar-refractivity contribution in [3.8, 4) is 16.1 Å². The minimum atomic E-state index is -0.783. The van der Waals surface area contributed by atoms with Gasteiger partial charge in [-0.05, 0) is 54.6 Å². The molecule has 0 radical (unpaired) electrons. The summed E-state index contributed by atoms with van der Waals surface area (Å²) in [6, 6.07) is 19.7. The van der Waals surface area contributed by atoms with Gasteiger partial charge in [0.25, 0.3) is 5.56 Å². The van der Waals surface area contributed by atoms with Gasteiger partial charge in [-0.3, -0.25) is 14.2 Å². The van der Waals surface area contributed by atoms with Crippen molar-refractivity contribution in [2.24, 2.45) is 0 Å². The number of thiophene rings is 1. The maximum absolute atomic E-state index is 14.9. The third-order valence-corrected chi connectivity index (χ3v) is 8.50. The largest absolute Gasteiger partial charge is 0.388 e. The van der Waals surface area contributed by atoms with E-state index in [2.05, 4.69) is 10.6 Å². The van der Waals surface area contributed by atoms with Gasteiger partial charge < -0.3 is 15.5 Å². The van der Waals surface area contributed by atoms with Crippen LogP contribution in [0.3, 0.4) is 0 Å². The number of hydrogen-bond donors (Lipinski definition) is 2. The number of carbonyl (C=O) groups excluding carboxylic acids is 1. The Balaban J connectivity index is 1.80. The Kier molecular flexibility index (Phi) is 8.84. The second-order valence-electron chi connectivity index (χ2n) is 10.2. The Hall–Kier alpha value is -4.61. The molecule has 1 amide bonds. The van der Waals surface area contributed by atoms with Crippen LogP contribution in [0.15, 0.2) is 82.4 Å². The Labute approximate surface area is 250 Å². The predicted molar refractivity (Wildman–Crippen MR) is 167 cm³/mol. The molecule has 2 aromatic heterocycles. The summed E-state index contributed by atoms with van der Waals surface area (Å²) >= 11 is 1.24. The van der Waals surface area contributed by atoms with E-state index >= 15 is 0 Å². The third kappa shape index (κ3) is 6.13. The van der Waals surface area contributed by atoms with Gasteiger partial charge in [0.2, 0.25) is 5.91 Å². The summed E-state index contributed by atoms with van der Waals surface area (Å²) in [5, 5.41) is 6.17. The molecule has 11 heteroatoms. The quantitative estimate of drug-likeness (QED) is 0.239. The van der Waals surface area contributed by atoms with Crippen LogP contribution in [0.2, 0.25) is 0 Å². The average Bonchev–Trinajstić information content (AvgIpc) is 3.36. The number of nitrogens with one attached hydrogen (secondary N) is 2. The first kappa shape index (κ1) is 29.9. The van der Waals surface area contributed by atoms with Crippen LogP contribution in [-0.4, -0.2) is 47.1 Å². The number of hydrogen-bond acceptors (Lipinski definition) is 6. The van der Waals surface area contributed by atoms with E-state index in [4.69, 9.17) is 0 Å². The Morgan fingerprint density at radius 1 is 0.930 bits per heavy atom. The highest BCUT2D eigenvalue weighted by Gasteiger charge is 2.25. The molecule has 5 aromatic rings. The molecule has 222 valence electrons. The number of likely N-dealkylation sites (N-methyl/N-ethyl adjacent to an activating group) is 1. The lowest BCUT2D eigenvalue weighted by atomic mass is 10.1. The number of halogens is 2. The summed E-state index contributed by atoms with van der Waals surface area (Å²) in [4.78, 5) is 42.8. The van der Waals surface area contributed by atoms with E-state index in [0.717, 1.165) is 32.8 Å². The van der Waals surface area contributed by atoms with Crippen molar-refractivity contribution in [2.45, 2.75) is 20.0 Å². The van der Waals surface area contributed by atoms with E-state index in [9.17, 15) is 23.2 Å². The number of rotatable bonds is 10. The molecule has 3 aromatic carbocycles. The van der Waals surface area contributed by atoms with Gasteiger partial charge in [0.05, 0.1) is 17.6 Å². The monoisotopic (exact) mass is 603 g/mol. The van der Waals surface area contributed by atoms with Crippen molar-refractivity contribution in [2.75, 3.05) is 32.5 Å². The van der Waals surface area contributed by atoms with Crippen LogP contribution < -0.4 is 21.9 Å². The molecular weight excluding hydrogens is 572 g/mol. The Morgan fingerprint density at radius 3 is 2.23 bits per heavy atom. The summed E-state index contributed by atoms with van der Waals surface area (Å²) < 4.78 is 32.1. The van der Waals surface area contributed by atoms with Crippen molar-refractivity contribution < 1.29 is 13.6 Å². The zero-order valence-electron chi connectivity index (χ0n) is 24.0. The smallest absolute Gasteiger partial charge is 0.337 e. The first-order valence-corrected chi connectivity index (χ1v) is 14.5. The molecule has 8 nitrogen and oxygen atoms in total. The van der Waals surface area contributed by atoms with Crippen molar-refractivity contribution in [1.82, 2.24) is 19.4 Å². The number of nitrogens with zero attached hydrogens (tertiary/aromatic N) is 3. The first-order chi connectivity index (χ1) is 20.7. The van der Waals surface area contributed by atoms with Gasteiger partial charge in [-0.1, -0.05) is 36.4 Å². The van der Waals surface area contributed by atoms with Gasteiger partial charge in [0.15, 0.2) is 0 Å². The van der Waals surface area contributed by atoms with E-state index in [1.54, 1.807) is 30.3 Å². The number of amides is 1. The lowest BCUT2D eigenvalue weighted by Crippen LogP contribution is -2.39. The molecule has 2 N–H and O–H groups in total. The highest BCUT2D eigenvalue weighted by atomic mass is 32.1. The fraction of sp³-hybridized carbons (Fsp3) is 0.219. The minimum absolute atomic E-state index is 0.144. The number of anilines is 1. The third-order valence-electron chi connectivity index (χ3n) is 7.20. The standard InChI is InChI=1S/C32H31F2N5O3S/c1-20(40)36-16-17-37(3)18-25-28-30(41)39(23-8-5-4-6-9-23)32(42)38(19-24-26(33)10-7-11-27(24)34)31(28)43-29(25)21-12-14-22(35-2)15-13-21/h4-15,35H,16-19H2,1-3H3,(H,36,40). The van der Waals surface area contributed by atoms with Crippen molar-refractivity contribution >= 4 is 33.1 Å². The molecule has 0 aliphatic carbocycles. The van der Waals surface area contributed by atoms with Crippen molar-refractivity contribution in [3.63, 3.8) is 0 Å².